The molecule has 0 aliphatic carbocycles. The molecule has 0 saturated carbocycles. The van der Waals surface area contributed by atoms with Gasteiger partial charge >= 0.3 is 5.97 Å². The number of rotatable bonds is 4. The molecule has 1 aromatic heterocycles. The van der Waals surface area contributed by atoms with Gasteiger partial charge in [-0.15, -0.1) is 0 Å². The van der Waals surface area contributed by atoms with Crippen molar-refractivity contribution in [2.24, 2.45) is 0 Å². The molecule has 2 rings (SSSR count). The van der Waals surface area contributed by atoms with Crippen molar-refractivity contribution in [3.63, 3.8) is 0 Å². The summed E-state index contributed by atoms with van der Waals surface area (Å²) in [5, 5.41) is 0.588. The Kier molecular flexibility index (Phi) is 3.64. The highest BCUT2D eigenvalue weighted by Gasteiger charge is 2.17. The molecule has 3 nitrogen and oxygen atoms in total. The van der Waals surface area contributed by atoms with Crippen LogP contribution in [0, 0.1) is 0 Å². The largest absolute Gasteiger partial charge is 0.465 e. The van der Waals surface area contributed by atoms with E-state index in [1.165, 1.54) is 17.9 Å². The number of carbonyl (C=O) groups is 1. The molecule has 0 bridgehead atoms. The van der Waals surface area contributed by atoms with Gasteiger partial charge in [-0.1, -0.05) is 18.7 Å². The number of carbonyl (C=O) groups excluding carboxylic acids is 1. The standard InChI is InChI=1S/C14H13F2NO2/c1-3-9-4-5-12-10(6-9)11(14(18)19-2)7-17(12)8-13(15)16/h3-7,13H,1,8H2,2H3. The van der Waals surface area contributed by atoms with Crippen molar-refractivity contribution in [2.45, 2.75) is 13.0 Å². The van der Waals surface area contributed by atoms with Gasteiger partial charge < -0.3 is 9.30 Å². The van der Waals surface area contributed by atoms with E-state index in [2.05, 4.69) is 11.3 Å². The Morgan fingerprint density at radius 2 is 2.26 bits per heavy atom. The third-order valence-corrected chi connectivity index (χ3v) is 2.88. The minimum absolute atomic E-state index is 0.279. The molecule has 0 radical (unpaired) electrons. The number of hydrogen-bond donors (Lipinski definition) is 0. The quantitative estimate of drug-likeness (QED) is 0.794. The number of esters is 1. The second-order valence-corrected chi connectivity index (χ2v) is 4.06. The Balaban J connectivity index is 2.65. The maximum absolute atomic E-state index is 12.5. The summed E-state index contributed by atoms with van der Waals surface area (Å²) in [6, 6.07) is 5.19. The second kappa shape index (κ2) is 5.22. The number of nitrogens with zero attached hydrogens (tertiary/aromatic N) is 1. The van der Waals surface area contributed by atoms with Gasteiger partial charge in [-0.3, -0.25) is 0 Å². The number of halogens is 2. The molecule has 0 N–H and O–H groups in total. The van der Waals surface area contributed by atoms with Crippen LogP contribution in [0.3, 0.4) is 0 Å². The van der Waals surface area contributed by atoms with Crippen LogP contribution in [0.15, 0.2) is 31.0 Å². The fourth-order valence-corrected chi connectivity index (χ4v) is 2.01. The SMILES string of the molecule is C=Cc1ccc2c(c1)c(C(=O)OC)cn2CC(F)F. The van der Waals surface area contributed by atoms with E-state index in [0.29, 0.717) is 10.9 Å². The number of ether oxygens (including phenoxy) is 1. The predicted molar refractivity (Wildman–Crippen MR) is 69.4 cm³/mol. The number of fused-ring (bicyclic) bond motifs is 1. The molecule has 0 fully saturated rings. The number of benzene rings is 1. The Morgan fingerprint density at radius 3 is 2.84 bits per heavy atom. The molecule has 2 aromatic rings. The van der Waals surface area contributed by atoms with Gasteiger partial charge in [-0.2, -0.15) is 0 Å². The van der Waals surface area contributed by atoms with E-state index in [0.717, 1.165) is 5.56 Å². The lowest BCUT2D eigenvalue weighted by molar-refractivity contribution is 0.0602. The Morgan fingerprint density at radius 1 is 1.53 bits per heavy atom. The summed E-state index contributed by atoms with van der Waals surface area (Å²) < 4.78 is 31.1. The van der Waals surface area contributed by atoms with Gasteiger partial charge in [0, 0.05) is 17.1 Å². The van der Waals surface area contributed by atoms with Crippen LogP contribution in [0.1, 0.15) is 15.9 Å². The molecule has 0 atom stereocenters. The maximum atomic E-state index is 12.5. The van der Waals surface area contributed by atoms with Crippen molar-refractivity contribution in [1.82, 2.24) is 4.57 Å². The van der Waals surface area contributed by atoms with Crippen molar-refractivity contribution >= 4 is 22.9 Å². The van der Waals surface area contributed by atoms with E-state index in [1.54, 1.807) is 24.3 Å². The maximum Gasteiger partial charge on any atom is 0.340 e. The highest BCUT2D eigenvalue weighted by Crippen LogP contribution is 2.25. The smallest absolute Gasteiger partial charge is 0.340 e. The topological polar surface area (TPSA) is 31.2 Å². The molecular formula is C14H13F2NO2. The predicted octanol–water partition coefficient (Wildman–Crippen LogP) is 3.34. The van der Waals surface area contributed by atoms with Gasteiger partial charge in [-0.05, 0) is 17.7 Å². The molecule has 100 valence electrons. The summed E-state index contributed by atoms with van der Waals surface area (Å²) in [6.45, 7) is 3.19. The zero-order valence-corrected chi connectivity index (χ0v) is 10.4. The lowest BCUT2D eigenvalue weighted by atomic mass is 10.1. The van der Waals surface area contributed by atoms with Crippen LogP contribution in [0.4, 0.5) is 8.78 Å². The van der Waals surface area contributed by atoms with Crippen molar-refractivity contribution in [1.29, 1.82) is 0 Å². The normalized spacial score (nSPS) is 10.9. The summed E-state index contributed by atoms with van der Waals surface area (Å²) >= 11 is 0. The van der Waals surface area contributed by atoms with Crippen LogP contribution in [-0.2, 0) is 11.3 Å². The first-order valence-electron chi connectivity index (χ1n) is 5.68. The average Bonchev–Trinajstić information content (AvgIpc) is 2.75. The lowest BCUT2D eigenvalue weighted by Crippen LogP contribution is -2.05. The molecule has 1 aromatic carbocycles. The van der Waals surface area contributed by atoms with Crippen molar-refractivity contribution < 1.29 is 18.3 Å². The third kappa shape index (κ3) is 2.50. The summed E-state index contributed by atoms with van der Waals surface area (Å²) in [7, 11) is 1.26. The van der Waals surface area contributed by atoms with E-state index < -0.39 is 18.9 Å². The van der Waals surface area contributed by atoms with Gasteiger partial charge in [-0.25, -0.2) is 13.6 Å². The van der Waals surface area contributed by atoms with E-state index in [4.69, 9.17) is 0 Å². The third-order valence-electron chi connectivity index (χ3n) is 2.88. The van der Waals surface area contributed by atoms with Crippen LogP contribution in [0.2, 0.25) is 0 Å². The Hall–Kier alpha value is -2.17. The van der Waals surface area contributed by atoms with Crippen LogP contribution < -0.4 is 0 Å². The Bertz CT molecular complexity index is 632. The molecule has 0 aliphatic rings. The highest BCUT2D eigenvalue weighted by atomic mass is 19.3. The van der Waals surface area contributed by atoms with Gasteiger partial charge in [0.05, 0.1) is 19.2 Å². The summed E-state index contributed by atoms with van der Waals surface area (Å²) in [4.78, 5) is 11.7. The molecule has 5 heteroatoms. The summed E-state index contributed by atoms with van der Waals surface area (Å²) in [6.07, 6.45) is 0.542. The number of hydrogen-bond acceptors (Lipinski definition) is 2. The van der Waals surface area contributed by atoms with Crippen molar-refractivity contribution in [3.05, 3.63) is 42.1 Å². The van der Waals surface area contributed by atoms with E-state index >= 15 is 0 Å². The minimum atomic E-state index is -2.49. The molecule has 1 heterocycles. The number of methoxy groups -OCH3 is 1. The van der Waals surface area contributed by atoms with Crippen molar-refractivity contribution in [2.75, 3.05) is 7.11 Å². The highest BCUT2D eigenvalue weighted by molar-refractivity contribution is 6.04. The van der Waals surface area contributed by atoms with Crippen LogP contribution in [0.5, 0.6) is 0 Å². The first kappa shape index (κ1) is 13.3. The molecule has 0 saturated heterocycles. The molecular weight excluding hydrogens is 252 g/mol. The monoisotopic (exact) mass is 265 g/mol. The molecule has 0 amide bonds. The van der Waals surface area contributed by atoms with Gasteiger partial charge in [0.25, 0.3) is 6.43 Å². The second-order valence-electron chi connectivity index (χ2n) is 4.06. The van der Waals surface area contributed by atoms with E-state index in [-0.39, 0.29) is 5.56 Å². The number of alkyl halides is 2. The zero-order chi connectivity index (χ0) is 14.0. The van der Waals surface area contributed by atoms with E-state index in [1.807, 2.05) is 0 Å². The number of aromatic nitrogens is 1. The zero-order valence-electron chi connectivity index (χ0n) is 10.4. The Labute approximate surface area is 109 Å². The van der Waals surface area contributed by atoms with Gasteiger partial charge in [0.1, 0.15) is 0 Å². The van der Waals surface area contributed by atoms with Crippen LogP contribution in [0.25, 0.3) is 17.0 Å². The first-order chi connectivity index (χ1) is 9.06. The molecule has 0 spiro atoms. The first-order valence-corrected chi connectivity index (χ1v) is 5.68. The van der Waals surface area contributed by atoms with E-state index in [9.17, 15) is 13.6 Å². The summed E-state index contributed by atoms with van der Waals surface area (Å²) in [5.74, 6) is -0.542. The average molecular weight is 265 g/mol. The van der Waals surface area contributed by atoms with Crippen LogP contribution >= 0.6 is 0 Å². The van der Waals surface area contributed by atoms with Gasteiger partial charge in [0.2, 0.25) is 0 Å². The van der Waals surface area contributed by atoms with Gasteiger partial charge in [0.15, 0.2) is 0 Å². The van der Waals surface area contributed by atoms with Crippen LogP contribution in [-0.4, -0.2) is 24.1 Å². The molecule has 0 unspecified atom stereocenters. The molecule has 0 aliphatic heterocycles. The fourth-order valence-electron chi connectivity index (χ4n) is 2.01. The molecule has 19 heavy (non-hydrogen) atoms. The minimum Gasteiger partial charge on any atom is -0.465 e. The van der Waals surface area contributed by atoms with Crippen molar-refractivity contribution in [3.8, 4) is 0 Å². The summed E-state index contributed by atoms with van der Waals surface area (Å²) in [5.41, 5.74) is 1.67. The lowest BCUT2D eigenvalue weighted by Gasteiger charge is -2.03. The fraction of sp³-hybridized carbons (Fsp3) is 0.214.